The van der Waals surface area contributed by atoms with E-state index in [1.54, 1.807) is 17.9 Å². The minimum atomic E-state index is -0.495. The highest BCUT2D eigenvalue weighted by Gasteiger charge is 2.23. The molecule has 0 aliphatic heterocycles. The van der Waals surface area contributed by atoms with Gasteiger partial charge in [0.2, 0.25) is 17.7 Å². The van der Waals surface area contributed by atoms with Gasteiger partial charge in [-0.15, -0.1) is 0 Å². The van der Waals surface area contributed by atoms with Crippen molar-refractivity contribution in [2.24, 2.45) is 0 Å². The number of halogens is 1. The van der Waals surface area contributed by atoms with Gasteiger partial charge in [0, 0.05) is 10.2 Å². The summed E-state index contributed by atoms with van der Waals surface area (Å²) in [5.74, 6) is -0.827. The van der Waals surface area contributed by atoms with Crippen LogP contribution in [0.5, 0.6) is 0 Å². The molecule has 1 unspecified atom stereocenters. The first-order chi connectivity index (χ1) is 14.4. The fourth-order valence-electron chi connectivity index (χ4n) is 2.81. The van der Waals surface area contributed by atoms with Gasteiger partial charge in [0.05, 0.1) is 24.8 Å². The Morgan fingerprint density at radius 3 is 2.30 bits per heavy atom. The van der Waals surface area contributed by atoms with Gasteiger partial charge in [-0.25, -0.2) is 0 Å². The first kappa shape index (κ1) is 23.6. The van der Waals surface area contributed by atoms with E-state index in [1.807, 2.05) is 55.5 Å². The summed E-state index contributed by atoms with van der Waals surface area (Å²) in [7, 11) is 0. The summed E-state index contributed by atoms with van der Waals surface area (Å²) in [4.78, 5) is 38.8. The van der Waals surface area contributed by atoms with Crippen molar-refractivity contribution in [1.29, 1.82) is 0 Å². The molecule has 0 spiro atoms. The highest BCUT2D eigenvalue weighted by Crippen LogP contribution is 2.20. The summed E-state index contributed by atoms with van der Waals surface area (Å²) in [6, 6.07) is 15.9. The number of benzene rings is 2. The summed E-state index contributed by atoms with van der Waals surface area (Å²) >= 11 is 3.36. The molecule has 0 heterocycles. The Balaban J connectivity index is 1.85. The summed E-state index contributed by atoms with van der Waals surface area (Å²) in [5, 5.41) is 8.20. The van der Waals surface area contributed by atoms with Crippen LogP contribution in [0.4, 0.5) is 11.4 Å². The molecule has 0 bridgehead atoms. The minimum Gasteiger partial charge on any atom is -0.346 e. The Morgan fingerprint density at radius 2 is 1.63 bits per heavy atom. The Kier molecular flexibility index (Phi) is 9.50. The van der Waals surface area contributed by atoms with Crippen molar-refractivity contribution >= 4 is 45.0 Å². The summed E-state index contributed by atoms with van der Waals surface area (Å²) < 4.78 is 0.761. The minimum absolute atomic E-state index is 0.0273. The third-order valence-electron chi connectivity index (χ3n) is 4.42. The van der Waals surface area contributed by atoms with Crippen molar-refractivity contribution in [2.75, 3.05) is 30.3 Å². The van der Waals surface area contributed by atoms with E-state index in [1.165, 1.54) is 0 Å². The van der Waals surface area contributed by atoms with Gasteiger partial charge in [-0.05, 0) is 60.1 Å². The van der Waals surface area contributed by atoms with Gasteiger partial charge >= 0.3 is 0 Å². The highest BCUT2D eigenvalue weighted by atomic mass is 79.9. The van der Waals surface area contributed by atoms with Gasteiger partial charge in [0.1, 0.15) is 0 Å². The van der Waals surface area contributed by atoms with E-state index < -0.39 is 6.04 Å². The quantitative estimate of drug-likeness (QED) is 0.492. The van der Waals surface area contributed by atoms with Crippen LogP contribution < -0.4 is 16.0 Å². The lowest BCUT2D eigenvalue weighted by Gasteiger charge is -2.27. The molecule has 1 atom stereocenters. The zero-order valence-electron chi connectivity index (χ0n) is 17.2. The highest BCUT2D eigenvalue weighted by molar-refractivity contribution is 9.10. The normalized spacial score (nSPS) is 11.6. The molecule has 0 radical (unpaired) electrons. The van der Waals surface area contributed by atoms with Crippen molar-refractivity contribution in [3.8, 4) is 0 Å². The van der Waals surface area contributed by atoms with Crippen LogP contribution in [0.3, 0.4) is 0 Å². The number of para-hydroxylation sites is 2. The predicted octanol–water partition coefficient (Wildman–Crippen LogP) is 3.24. The molecular weight excluding hydrogens is 448 g/mol. The van der Waals surface area contributed by atoms with Crippen LogP contribution in [0, 0.1) is 0 Å². The number of rotatable bonds is 10. The van der Waals surface area contributed by atoms with E-state index in [0.29, 0.717) is 17.9 Å². The predicted molar refractivity (Wildman–Crippen MR) is 122 cm³/mol. The average molecular weight is 475 g/mol. The molecule has 0 aliphatic rings. The van der Waals surface area contributed by atoms with E-state index in [4.69, 9.17) is 0 Å². The second kappa shape index (κ2) is 12.1. The van der Waals surface area contributed by atoms with Crippen LogP contribution in [0.25, 0.3) is 0 Å². The molecule has 0 fully saturated rings. The lowest BCUT2D eigenvalue weighted by Crippen LogP contribution is -2.48. The second-order valence-electron chi connectivity index (χ2n) is 6.81. The molecule has 3 amide bonds. The van der Waals surface area contributed by atoms with Crippen molar-refractivity contribution < 1.29 is 14.4 Å². The van der Waals surface area contributed by atoms with Crippen molar-refractivity contribution in [1.82, 2.24) is 10.2 Å². The van der Waals surface area contributed by atoms with E-state index in [-0.39, 0.29) is 30.8 Å². The molecule has 7 nitrogen and oxygen atoms in total. The van der Waals surface area contributed by atoms with E-state index in [0.717, 1.165) is 10.9 Å². The maximum Gasteiger partial charge on any atom is 0.243 e. The number of carbonyl (C=O) groups excluding carboxylic acids is 3. The third-order valence-corrected chi connectivity index (χ3v) is 5.11. The Labute approximate surface area is 185 Å². The molecule has 2 rings (SSSR count). The Hall–Kier alpha value is -2.71. The zero-order chi connectivity index (χ0) is 21.9. The topological polar surface area (TPSA) is 90.5 Å². The number of hydrogen-bond donors (Lipinski definition) is 3. The zero-order valence-corrected chi connectivity index (χ0v) is 18.7. The van der Waals surface area contributed by atoms with Crippen LogP contribution in [0.1, 0.15) is 20.3 Å². The van der Waals surface area contributed by atoms with Gasteiger partial charge in [-0.1, -0.05) is 37.3 Å². The summed E-state index contributed by atoms with van der Waals surface area (Å²) in [5.41, 5.74) is 1.34. The average Bonchev–Trinajstić information content (AvgIpc) is 2.74. The first-order valence-electron chi connectivity index (χ1n) is 9.81. The Bertz CT molecular complexity index is 860. The van der Waals surface area contributed by atoms with Crippen molar-refractivity contribution in [2.45, 2.75) is 26.3 Å². The van der Waals surface area contributed by atoms with Crippen molar-refractivity contribution in [3.05, 3.63) is 59.1 Å². The molecule has 2 aromatic carbocycles. The van der Waals surface area contributed by atoms with Crippen LogP contribution in [-0.2, 0) is 14.4 Å². The van der Waals surface area contributed by atoms with E-state index in [2.05, 4.69) is 31.9 Å². The van der Waals surface area contributed by atoms with Gasteiger partial charge in [0.15, 0.2) is 0 Å². The molecule has 160 valence electrons. The fraction of sp³-hybridized carbons (Fsp3) is 0.318. The molecular formula is C22H27BrN4O3. The summed E-state index contributed by atoms with van der Waals surface area (Å²) in [6.07, 6.45) is 0.790. The van der Waals surface area contributed by atoms with Gasteiger partial charge < -0.3 is 16.0 Å². The van der Waals surface area contributed by atoms with E-state index >= 15 is 0 Å². The number of nitrogens with zero attached hydrogens (tertiary/aromatic N) is 1. The second-order valence-corrected chi connectivity index (χ2v) is 7.66. The van der Waals surface area contributed by atoms with Crippen molar-refractivity contribution in [3.63, 3.8) is 0 Å². The van der Waals surface area contributed by atoms with Gasteiger partial charge in [-0.3, -0.25) is 19.3 Å². The summed E-state index contributed by atoms with van der Waals surface area (Å²) in [6.45, 7) is 4.21. The SMILES string of the molecule is CCCN(CC(=O)NCC(=O)Nc1ccccc1Br)C(C)C(=O)Nc1ccccc1. The molecule has 3 N–H and O–H groups in total. The van der Waals surface area contributed by atoms with Crippen LogP contribution >= 0.6 is 15.9 Å². The number of amides is 3. The molecule has 30 heavy (non-hydrogen) atoms. The Morgan fingerprint density at radius 1 is 0.967 bits per heavy atom. The number of nitrogens with one attached hydrogen (secondary N) is 3. The lowest BCUT2D eigenvalue weighted by atomic mass is 10.2. The van der Waals surface area contributed by atoms with Crippen LogP contribution in [0.15, 0.2) is 59.1 Å². The molecule has 2 aromatic rings. The third kappa shape index (κ3) is 7.61. The number of hydrogen-bond acceptors (Lipinski definition) is 4. The standard InChI is InChI=1S/C22H27BrN4O3/c1-3-13-27(16(2)22(30)25-17-9-5-4-6-10-17)15-21(29)24-14-20(28)26-19-12-8-7-11-18(19)23/h4-12,16H,3,13-15H2,1-2H3,(H,24,29)(H,25,30)(H,26,28). The maximum absolute atomic E-state index is 12.6. The fourth-order valence-corrected chi connectivity index (χ4v) is 3.19. The largest absolute Gasteiger partial charge is 0.346 e. The number of anilines is 2. The first-order valence-corrected chi connectivity index (χ1v) is 10.6. The maximum atomic E-state index is 12.6. The molecule has 0 aromatic heterocycles. The molecule has 0 aliphatic carbocycles. The van der Waals surface area contributed by atoms with Gasteiger partial charge in [0.25, 0.3) is 0 Å². The monoisotopic (exact) mass is 474 g/mol. The van der Waals surface area contributed by atoms with Gasteiger partial charge in [-0.2, -0.15) is 0 Å². The lowest BCUT2D eigenvalue weighted by molar-refractivity contribution is -0.127. The molecule has 8 heteroatoms. The van der Waals surface area contributed by atoms with E-state index in [9.17, 15) is 14.4 Å². The molecule has 0 saturated heterocycles. The smallest absolute Gasteiger partial charge is 0.243 e. The molecule has 0 saturated carbocycles. The number of carbonyl (C=O) groups is 3. The van der Waals surface area contributed by atoms with Crippen LogP contribution in [-0.4, -0.2) is 48.3 Å². The van der Waals surface area contributed by atoms with Crippen LogP contribution in [0.2, 0.25) is 0 Å².